The van der Waals surface area contributed by atoms with Crippen LogP contribution in [0.5, 0.6) is 0 Å². The topological polar surface area (TPSA) is 53.5 Å². The summed E-state index contributed by atoms with van der Waals surface area (Å²) >= 11 is 0. The monoisotopic (exact) mass is 217 g/mol. The fraction of sp³-hybridized carbons (Fsp3) is 0.333. The predicted molar refractivity (Wildman–Crippen MR) is 63.3 cm³/mol. The fourth-order valence-electron chi connectivity index (χ4n) is 1.92. The number of aliphatic imine (C=N–C) groups is 1. The highest BCUT2D eigenvalue weighted by Gasteiger charge is 2.30. The number of carbonyl (C=O) groups is 1. The van der Waals surface area contributed by atoms with Crippen molar-refractivity contribution < 1.29 is 4.79 Å². The molecule has 0 aromatic heterocycles. The molecular formula is C12H15N3O. The minimum atomic E-state index is -0.320. The van der Waals surface area contributed by atoms with Crippen LogP contribution in [0.4, 0.5) is 0 Å². The van der Waals surface area contributed by atoms with E-state index in [2.05, 4.69) is 21.7 Å². The Morgan fingerprint density at radius 3 is 2.62 bits per heavy atom. The first-order valence-electron chi connectivity index (χ1n) is 5.23. The molecule has 4 nitrogen and oxygen atoms in total. The molecule has 0 spiro atoms. The van der Waals surface area contributed by atoms with Crippen molar-refractivity contribution >= 4 is 11.9 Å². The van der Waals surface area contributed by atoms with Gasteiger partial charge in [-0.25, -0.2) is 0 Å². The van der Waals surface area contributed by atoms with E-state index in [0.717, 1.165) is 11.1 Å². The number of amides is 1. The average Bonchev–Trinajstić information content (AvgIpc) is 2.60. The summed E-state index contributed by atoms with van der Waals surface area (Å²) in [7, 11) is 1.65. The molecule has 0 bridgehead atoms. The zero-order chi connectivity index (χ0) is 11.7. The van der Waals surface area contributed by atoms with Gasteiger partial charge in [-0.15, -0.1) is 0 Å². The van der Waals surface area contributed by atoms with Crippen LogP contribution in [0.25, 0.3) is 0 Å². The van der Waals surface area contributed by atoms with E-state index in [0.29, 0.717) is 5.96 Å². The maximum atomic E-state index is 11.7. The molecule has 1 aliphatic rings. The molecule has 1 fully saturated rings. The number of hydrogen-bond acceptors (Lipinski definition) is 2. The van der Waals surface area contributed by atoms with Crippen molar-refractivity contribution in [2.24, 2.45) is 4.99 Å². The number of aryl methyl sites for hydroxylation is 2. The molecule has 4 heteroatoms. The van der Waals surface area contributed by atoms with E-state index < -0.39 is 0 Å². The molecular weight excluding hydrogens is 202 g/mol. The molecule has 0 saturated carbocycles. The number of carbonyl (C=O) groups excluding carboxylic acids is 1. The van der Waals surface area contributed by atoms with Gasteiger partial charge in [-0.2, -0.15) is 0 Å². The summed E-state index contributed by atoms with van der Waals surface area (Å²) in [6.45, 7) is 4.05. The summed E-state index contributed by atoms with van der Waals surface area (Å²) in [5.41, 5.74) is 3.32. The van der Waals surface area contributed by atoms with Crippen LogP contribution in [0, 0.1) is 13.8 Å². The Morgan fingerprint density at radius 1 is 1.31 bits per heavy atom. The molecule has 16 heavy (non-hydrogen) atoms. The average molecular weight is 217 g/mol. The highest BCUT2D eigenvalue weighted by atomic mass is 16.2. The minimum Gasteiger partial charge on any atom is -0.340 e. The molecule has 1 saturated heterocycles. The van der Waals surface area contributed by atoms with Gasteiger partial charge in [-0.05, 0) is 25.0 Å². The smallest absolute Gasteiger partial charge is 0.253 e. The van der Waals surface area contributed by atoms with Crippen molar-refractivity contribution in [1.29, 1.82) is 0 Å². The van der Waals surface area contributed by atoms with E-state index in [4.69, 9.17) is 0 Å². The van der Waals surface area contributed by atoms with Crippen molar-refractivity contribution in [3.63, 3.8) is 0 Å². The fourth-order valence-corrected chi connectivity index (χ4v) is 1.92. The molecule has 0 aliphatic carbocycles. The summed E-state index contributed by atoms with van der Waals surface area (Å²) in [6, 6.07) is 5.75. The maximum Gasteiger partial charge on any atom is 0.253 e. The van der Waals surface area contributed by atoms with Gasteiger partial charge < -0.3 is 5.32 Å². The third-order valence-corrected chi connectivity index (χ3v) is 2.74. The molecule has 0 radical (unpaired) electrons. The number of benzene rings is 1. The van der Waals surface area contributed by atoms with E-state index in [1.807, 2.05) is 26.0 Å². The molecule has 1 heterocycles. The Bertz CT molecular complexity index is 465. The van der Waals surface area contributed by atoms with Crippen LogP contribution in [0.15, 0.2) is 23.2 Å². The molecule has 1 atom stereocenters. The number of nitrogens with one attached hydrogen (secondary N) is 2. The molecule has 84 valence electrons. The maximum absolute atomic E-state index is 11.7. The first kappa shape index (κ1) is 10.7. The van der Waals surface area contributed by atoms with E-state index in [1.54, 1.807) is 7.05 Å². The van der Waals surface area contributed by atoms with Crippen LogP contribution in [0.3, 0.4) is 0 Å². The van der Waals surface area contributed by atoms with Crippen LogP contribution in [0.1, 0.15) is 22.7 Å². The molecule has 1 amide bonds. The van der Waals surface area contributed by atoms with Crippen LogP contribution < -0.4 is 10.6 Å². The van der Waals surface area contributed by atoms with Gasteiger partial charge in [0.15, 0.2) is 5.96 Å². The van der Waals surface area contributed by atoms with E-state index in [-0.39, 0.29) is 11.9 Å². The van der Waals surface area contributed by atoms with Gasteiger partial charge in [-0.1, -0.05) is 23.8 Å². The highest BCUT2D eigenvalue weighted by molar-refractivity contribution is 6.06. The zero-order valence-corrected chi connectivity index (χ0v) is 9.66. The van der Waals surface area contributed by atoms with E-state index >= 15 is 0 Å². The van der Waals surface area contributed by atoms with Crippen LogP contribution >= 0.6 is 0 Å². The van der Waals surface area contributed by atoms with Crippen molar-refractivity contribution in [2.75, 3.05) is 7.05 Å². The van der Waals surface area contributed by atoms with Crippen LogP contribution in [-0.4, -0.2) is 18.9 Å². The Morgan fingerprint density at radius 2 is 2.06 bits per heavy atom. The van der Waals surface area contributed by atoms with E-state index in [1.165, 1.54) is 5.56 Å². The Labute approximate surface area is 94.8 Å². The SMILES string of the molecule is CN=C1NC(=O)C(c2ccc(C)cc2C)N1. The number of guanidine groups is 1. The zero-order valence-electron chi connectivity index (χ0n) is 9.66. The highest BCUT2D eigenvalue weighted by Crippen LogP contribution is 2.21. The lowest BCUT2D eigenvalue weighted by molar-refractivity contribution is -0.120. The summed E-state index contributed by atoms with van der Waals surface area (Å²) in [5.74, 6) is 0.488. The normalized spacial score (nSPS) is 22.1. The summed E-state index contributed by atoms with van der Waals surface area (Å²) in [6.07, 6.45) is 0. The van der Waals surface area contributed by atoms with Gasteiger partial charge in [0.2, 0.25) is 0 Å². The van der Waals surface area contributed by atoms with Crippen molar-refractivity contribution in [1.82, 2.24) is 10.6 Å². The minimum absolute atomic E-state index is 0.0486. The second-order valence-electron chi connectivity index (χ2n) is 4.00. The first-order chi connectivity index (χ1) is 7.61. The first-order valence-corrected chi connectivity index (χ1v) is 5.23. The van der Waals surface area contributed by atoms with Gasteiger partial charge in [-0.3, -0.25) is 15.1 Å². The second kappa shape index (κ2) is 3.96. The molecule has 1 aliphatic heterocycles. The van der Waals surface area contributed by atoms with Gasteiger partial charge in [0, 0.05) is 7.05 Å². The molecule has 2 rings (SSSR count). The summed E-state index contributed by atoms with van der Waals surface area (Å²) in [4.78, 5) is 15.7. The van der Waals surface area contributed by atoms with Gasteiger partial charge in [0.1, 0.15) is 6.04 Å². The molecule has 1 aromatic carbocycles. The third-order valence-electron chi connectivity index (χ3n) is 2.74. The Kier molecular flexibility index (Phi) is 2.64. The lowest BCUT2D eigenvalue weighted by Crippen LogP contribution is -2.24. The Balaban J connectivity index is 2.35. The summed E-state index contributed by atoms with van der Waals surface area (Å²) in [5, 5.41) is 5.75. The van der Waals surface area contributed by atoms with Crippen LogP contribution in [0.2, 0.25) is 0 Å². The largest absolute Gasteiger partial charge is 0.340 e. The van der Waals surface area contributed by atoms with Gasteiger partial charge in [0.05, 0.1) is 0 Å². The standard InChI is InChI=1S/C12H15N3O/c1-7-4-5-9(8(2)6-7)10-11(16)15-12(13-3)14-10/h4-6,10H,1-3H3,(H2,13,14,15,16). The third kappa shape index (κ3) is 1.78. The Hall–Kier alpha value is -1.84. The lowest BCUT2D eigenvalue weighted by Gasteiger charge is -2.11. The second-order valence-corrected chi connectivity index (χ2v) is 4.00. The van der Waals surface area contributed by atoms with E-state index in [9.17, 15) is 4.79 Å². The molecule has 1 aromatic rings. The van der Waals surface area contributed by atoms with Gasteiger partial charge in [0.25, 0.3) is 5.91 Å². The van der Waals surface area contributed by atoms with Crippen LogP contribution in [-0.2, 0) is 4.79 Å². The molecule has 1 unspecified atom stereocenters. The number of nitrogens with zero attached hydrogens (tertiary/aromatic N) is 1. The predicted octanol–water partition coefficient (Wildman–Crippen LogP) is 1.05. The number of rotatable bonds is 1. The summed E-state index contributed by atoms with van der Waals surface area (Å²) < 4.78 is 0. The van der Waals surface area contributed by atoms with Gasteiger partial charge >= 0.3 is 0 Å². The molecule has 2 N–H and O–H groups in total. The van der Waals surface area contributed by atoms with Crippen molar-refractivity contribution in [3.05, 3.63) is 34.9 Å². The quantitative estimate of drug-likeness (QED) is 0.738. The van der Waals surface area contributed by atoms with Crippen molar-refractivity contribution in [3.8, 4) is 0 Å². The number of hydrogen-bond donors (Lipinski definition) is 2. The van der Waals surface area contributed by atoms with Crippen molar-refractivity contribution in [2.45, 2.75) is 19.9 Å². The lowest BCUT2D eigenvalue weighted by atomic mass is 9.99.